The fourth-order valence-corrected chi connectivity index (χ4v) is 3.14. The van der Waals surface area contributed by atoms with E-state index in [-0.39, 0.29) is 6.10 Å². The zero-order chi connectivity index (χ0) is 17.3. The van der Waals surface area contributed by atoms with Gasteiger partial charge >= 0.3 is 0 Å². The number of nitrogens with one attached hydrogen (secondary N) is 2. The summed E-state index contributed by atoms with van der Waals surface area (Å²) in [6, 6.07) is 14.4. The molecule has 1 fully saturated rings. The largest absolute Gasteiger partial charge is 0.469 e. The number of guanidine groups is 1. The Morgan fingerprint density at radius 3 is 2.80 bits per heavy atom. The minimum atomic E-state index is 0.149. The lowest BCUT2D eigenvalue weighted by molar-refractivity contribution is 0.0925. The molecule has 134 valence electrons. The van der Waals surface area contributed by atoms with Gasteiger partial charge in [0.15, 0.2) is 5.96 Å². The van der Waals surface area contributed by atoms with Crippen molar-refractivity contribution in [1.29, 1.82) is 0 Å². The van der Waals surface area contributed by atoms with E-state index in [1.54, 1.807) is 6.26 Å². The maximum absolute atomic E-state index is 5.95. The zero-order valence-corrected chi connectivity index (χ0v) is 14.8. The van der Waals surface area contributed by atoms with Gasteiger partial charge in [0, 0.05) is 38.6 Å². The Morgan fingerprint density at radius 2 is 2.04 bits per heavy atom. The van der Waals surface area contributed by atoms with Crippen LogP contribution in [0.2, 0.25) is 0 Å². The molecule has 2 heterocycles. The molecule has 0 aliphatic carbocycles. The molecule has 2 N–H and O–H groups in total. The Morgan fingerprint density at radius 1 is 1.16 bits per heavy atom. The first-order valence-corrected chi connectivity index (χ1v) is 9.08. The van der Waals surface area contributed by atoms with Crippen molar-refractivity contribution in [2.24, 2.45) is 10.9 Å². The van der Waals surface area contributed by atoms with Crippen LogP contribution in [0.1, 0.15) is 30.8 Å². The number of hydrogen-bond donors (Lipinski definition) is 2. The molecule has 2 aromatic rings. The highest BCUT2D eigenvalue weighted by molar-refractivity contribution is 5.79. The quantitative estimate of drug-likeness (QED) is 0.600. The molecule has 3 rings (SSSR count). The van der Waals surface area contributed by atoms with Gasteiger partial charge in [-0.2, -0.15) is 0 Å². The van der Waals surface area contributed by atoms with Crippen LogP contribution in [0.25, 0.3) is 0 Å². The first-order valence-electron chi connectivity index (χ1n) is 9.08. The number of benzene rings is 1. The topological polar surface area (TPSA) is 58.8 Å². The van der Waals surface area contributed by atoms with Crippen LogP contribution in [0, 0.1) is 5.92 Å². The van der Waals surface area contributed by atoms with Gasteiger partial charge in [0.1, 0.15) is 5.76 Å². The third-order valence-electron chi connectivity index (χ3n) is 4.41. The van der Waals surface area contributed by atoms with Crippen molar-refractivity contribution >= 4 is 5.96 Å². The summed E-state index contributed by atoms with van der Waals surface area (Å²) in [4.78, 5) is 4.77. The van der Waals surface area contributed by atoms with Crippen molar-refractivity contribution in [3.63, 3.8) is 0 Å². The Hall–Kier alpha value is -2.27. The van der Waals surface area contributed by atoms with E-state index < -0.39 is 0 Å². The maximum atomic E-state index is 5.95. The average Bonchev–Trinajstić information content (AvgIpc) is 3.32. The van der Waals surface area contributed by atoms with Gasteiger partial charge in [0.05, 0.1) is 12.4 Å². The van der Waals surface area contributed by atoms with Crippen LogP contribution in [0.3, 0.4) is 0 Å². The van der Waals surface area contributed by atoms with Gasteiger partial charge < -0.3 is 19.8 Å². The lowest BCUT2D eigenvalue weighted by Gasteiger charge is -2.18. The Kier molecular flexibility index (Phi) is 6.51. The van der Waals surface area contributed by atoms with Crippen LogP contribution < -0.4 is 10.6 Å². The number of hydrogen-bond acceptors (Lipinski definition) is 3. The Balaban J connectivity index is 1.54. The number of ether oxygens (including phenoxy) is 1. The monoisotopic (exact) mass is 341 g/mol. The van der Waals surface area contributed by atoms with E-state index in [1.165, 1.54) is 5.56 Å². The summed E-state index contributed by atoms with van der Waals surface area (Å²) in [6.07, 6.45) is 3.75. The minimum absolute atomic E-state index is 0.149. The van der Waals surface area contributed by atoms with Gasteiger partial charge in [-0.1, -0.05) is 30.3 Å². The van der Waals surface area contributed by atoms with Gasteiger partial charge in [-0.3, -0.25) is 4.99 Å². The van der Waals surface area contributed by atoms with E-state index in [2.05, 4.69) is 41.8 Å². The molecule has 0 saturated carbocycles. The third kappa shape index (κ3) is 5.10. The Bertz CT molecular complexity index is 640. The average molecular weight is 341 g/mol. The molecule has 0 amide bonds. The SMILES string of the molecule is CCNC(=NCC1CCOC1c1ccccc1)NCCc1ccco1. The predicted octanol–water partition coefficient (Wildman–Crippen LogP) is 3.16. The van der Waals surface area contributed by atoms with Crippen LogP contribution in [0.15, 0.2) is 58.1 Å². The molecular weight excluding hydrogens is 314 g/mol. The summed E-state index contributed by atoms with van der Waals surface area (Å²) in [5.41, 5.74) is 1.25. The Labute approximate surface area is 149 Å². The molecule has 5 nitrogen and oxygen atoms in total. The smallest absolute Gasteiger partial charge is 0.191 e. The summed E-state index contributed by atoms with van der Waals surface area (Å²) < 4.78 is 11.3. The van der Waals surface area contributed by atoms with Gasteiger partial charge in [-0.25, -0.2) is 0 Å². The van der Waals surface area contributed by atoms with Crippen LogP contribution in [0.5, 0.6) is 0 Å². The number of nitrogens with zero attached hydrogens (tertiary/aromatic N) is 1. The second-order valence-electron chi connectivity index (χ2n) is 6.23. The molecule has 0 radical (unpaired) electrons. The molecule has 5 heteroatoms. The summed E-state index contributed by atoms with van der Waals surface area (Å²) in [7, 11) is 0. The molecular formula is C20H27N3O2. The lowest BCUT2D eigenvalue weighted by atomic mass is 9.95. The normalized spacial score (nSPS) is 20.6. The fourth-order valence-electron chi connectivity index (χ4n) is 3.14. The van der Waals surface area contributed by atoms with E-state index in [1.807, 2.05) is 18.2 Å². The highest BCUT2D eigenvalue weighted by atomic mass is 16.5. The van der Waals surface area contributed by atoms with E-state index >= 15 is 0 Å². The van der Waals surface area contributed by atoms with Crippen molar-refractivity contribution in [3.8, 4) is 0 Å². The number of rotatable bonds is 7. The maximum Gasteiger partial charge on any atom is 0.191 e. The van der Waals surface area contributed by atoms with Crippen molar-refractivity contribution in [2.75, 3.05) is 26.2 Å². The molecule has 2 atom stereocenters. The van der Waals surface area contributed by atoms with Gasteiger partial charge in [-0.15, -0.1) is 0 Å². The summed E-state index contributed by atoms with van der Waals surface area (Å²) in [5.74, 6) is 2.26. The van der Waals surface area contributed by atoms with Crippen molar-refractivity contribution in [1.82, 2.24) is 10.6 Å². The highest BCUT2D eigenvalue weighted by Gasteiger charge is 2.29. The van der Waals surface area contributed by atoms with Crippen LogP contribution in [-0.2, 0) is 11.2 Å². The van der Waals surface area contributed by atoms with Crippen molar-refractivity contribution in [3.05, 3.63) is 60.1 Å². The van der Waals surface area contributed by atoms with Crippen LogP contribution >= 0.6 is 0 Å². The van der Waals surface area contributed by atoms with Crippen LogP contribution in [-0.4, -0.2) is 32.2 Å². The first-order chi connectivity index (χ1) is 12.4. The van der Waals surface area contributed by atoms with Gasteiger partial charge in [-0.05, 0) is 31.0 Å². The van der Waals surface area contributed by atoms with Crippen molar-refractivity contribution in [2.45, 2.75) is 25.9 Å². The number of aliphatic imine (C=N–C) groups is 1. The molecule has 0 spiro atoms. The molecule has 1 aromatic carbocycles. The van der Waals surface area contributed by atoms with E-state index in [0.29, 0.717) is 5.92 Å². The molecule has 0 bridgehead atoms. The molecule has 2 unspecified atom stereocenters. The number of furan rings is 1. The standard InChI is InChI=1S/C20H27N3O2/c1-2-21-20(22-12-10-18-9-6-13-24-18)23-15-17-11-14-25-19(17)16-7-4-3-5-8-16/h3-9,13,17,19H,2,10-12,14-15H2,1H3,(H2,21,22,23). The lowest BCUT2D eigenvalue weighted by Crippen LogP contribution is -2.38. The predicted molar refractivity (Wildman–Crippen MR) is 99.6 cm³/mol. The van der Waals surface area contributed by atoms with E-state index in [4.69, 9.17) is 14.1 Å². The molecule has 1 saturated heterocycles. The van der Waals surface area contributed by atoms with Gasteiger partial charge in [0.2, 0.25) is 0 Å². The summed E-state index contributed by atoms with van der Waals surface area (Å²) in [6.45, 7) is 5.28. The van der Waals surface area contributed by atoms with Crippen molar-refractivity contribution < 1.29 is 9.15 Å². The second-order valence-corrected chi connectivity index (χ2v) is 6.23. The second kappa shape index (κ2) is 9.28. The zero-order valence-electron chi connectivity index (χ0n) is 14.8. The summed E-state index contributed by atoms with van der Waals surface area (Å²) in [5, 5.41) is 6.68. The van der Waals surface area contributed by atoms with Gasteiger partial charge in [0.25, 0.3) is 0 Å². The minimum Gasteiger partial charge on any atom is -0.469 e. The summed E-state index contributed by atoms with van der Waals surface area (Å²) >= 11 is 0. The van der Waals surface area contributed by atoms with E-state index in [0.717, 1.165) is 50.8 Å². The first kappa shape index (κ1) is 17.5. The highest BCUT2D eigenvalue weighted by Crippen LogP contribution is 2.34. The fraction of sp³-hybridized carbons (Fsp3) is 0.450. The third-order valence-corrected chi connectivity index (χ3v) is 4.41. The molecule has 1 aliphatic rings. The van der Waals surface area contributed by atoms with E-state index in [9.17, 15) is 0 Å². The molecule has 25 heavy (non-hydrogen) atoms. The van der Waals surface area contributed by atoms with Crippen LogP contribution in [0.4, 0.5) is 0 Å². The molecule has 1 aliphatic heterocycles. The molecule has 1 aromatic heterocycles.